The van der Waals surface area contributed by atoms with Gasteiger partial charge in [0.2, 0.25) is 0 Å². The number of carboxylic acid groups (broad SMARTS) is 1. The number of oxazole rings is 1. The molecule has 4 rings (SSSR count). The van der Waals surface area contributed by atoms with Crippen molar-refractivity contribution < 1.29 is 19.1 Å². The van der Waals surface area contributed by atoms with Crippen molar-refractivity contribution in [2.45, 2.75) is 32.9 Å². The summed E-state index contributed by atoms with van der Waals surface area (Å²) < 4.78 is 11.4. The number of ether oxygens (including phenoxy) is 1. The van der Waals surface area contributed by atoms with Crippen molar-refractivity contribution >= 4 is 34.7 Å². The second-order valence-corrected chi connectivity index (χ2v) is 9.09. The van der Waals surface area contributed by atoms with Gasteiger partial charge in [-0.3, -0.25) is 4.90 Å². The molecule has 0 bridgehead atoms. The predicted octanol–water partition coefficient (Wildman–Crippen LogP) is 4.68. The van der Waals surface area contributed by atoms with Crippen LogP contribution in [0.25, 0.3) is 11.1 Å². The molecule has 1 aromatic heterocycles. The number of nitrogens with zero attached hydrogens (tertiary/aromatic N) is 3. The Morgan fingerprint density at radius 2 is 2.12 bits per heavy atom. The lowest BCUT2D eigenvalue weighted by Gasteiger charge is -2.41. The molecule has 8 heteroatoms. The highest BCUT2D eigenvalue weighted by Gasteiger charge is 2.30. The Morgan fingerprint density at radius 1 is 1.28 bits per heavy atom. The Labute approximate surface area is 192 Å². The number of hydrogen-bond acceptors (Lipinski definition) is 6. The maximum absolute atomic E-state index is 10.8. The number of carbonyl (C=O) groups is 1. The van der Waals surface area contributed by atoms with E-state index >= 15 is 0 Å². The van der Waals surface area contributed by atoms with Gasteiger partial charge in [-0.1, -0.05) is 37.6 Å². The van der Waals surface area contributed by atoms with Gasteiger partial charge in [-0.25, -0.2) is 4.79 Å². The minimum Gasteiger partial charge on any atom is -0.482 e. The Hall–Kier alpha value is -2.77. The highest BCUT2D eigenvalue weighted by Crippen LogP contribution is 2.29. The topological polar surface area (TPSA) is 79.0 Å². The zero-order valence-electron chi connectivity index (χ0n) is 18.3. The fraction of sp³-hybridized carbons (Fsp3) is 0.417. The standard InChI is InChI=1S/C24H28ClN3O4/c1-16(2)10-19-14-27(13-17-4-3-5-20(11-17)31-15-23(29)30)8-9-28(19)24-26-21-7-6-18(25)12-22(21)32-24/h3-7,11-12,16,19H,8-10,13-15H2,1-2H3,(H,29,30)/t19-/m1/s1. The molecule has 1 aliphatic rings. The number of piperazine rings is 1. The summed E-state index contributed by atoms with van der Waals surface area (Å²) >= 11 is 6.11. The third-order valence-corrected chi connectivity index (χ3v) is 5.80. The van der Waals surface area contributed by atoms with Gasteiger partial charge in [0.25, 0.3) is 6.01 Å². The maximum Gasteiger partial charge on any atom is 0.341 e. The van der Waals surface area contributed by atoms with Crippen LogP contribution in [0.5, 0.6) is 5.75 Å². The Kier molecular flexibility index (Phi) is 6.86. The fourth-order valence-corrected chi connectivity index (χ4v) is 4.37. The van der Waals surface area contributed by atoms with Crippen LogP contribution in [0.2, 0.25) is 5.02 Å². The number of carboxylic acids is 1. The van der Waals surface area contributed by atoms with Crippen molar-refractivity contribution in [2.75, 3.05) is 31.1 Å². The number of rotatable bonds is 8. The molecule has 0 radical (unpaired) electrons. The molecule has 3 aromatic rings. The van der Waals surface area contributed by atoms with Crippen molar-refractivity contribution in [3.63, 3.8) is 0 Å². The number of anilines is 1. The molecule has 170 valence electrons. The molecule has 0 spiro atoms. The fourth-order valence-electron chi connectivity index (χ4n) is 4.21. The quantitative estimate of drug-likeness (QED) is 0.526. The van der Waals surface area contributed by atoms with Crippen molar-refractivity contribution in [2.24, 2.45) is 5.92 Å². The van der Waals surface area contributed by atoms with E-state index < -0.39 is 5.97 Å². The second kappa shape index (κ2) is 9.79. The summed E-state index contributed by atoms with van der Waals surface area (Å²) in [6.07, 6.45) is 1.03. The molecule has 1 atom stereocenters. The number of aromatic nitrogens is 1. The van der Waals surface area contributed by atoms with Gasteiger partial charge in [-0.05, 0) is 42.2 Å². The average Bonchev–Trinajstić information content (AvgIpc) is 3.15. The lowest BCUT2D eigenvalue weighted by atomic mass is 10.00. The Bertz CT molecular complexity index is 1080. The maximum atomic E-state index is 10.8. The lowest BCUT2D eigenvalue weighted by molar-refractivity contribution is -0.139. The highest BCUT2D eigenvalue weighted by molar-refractivity contribution is 6.31. The first kappa shape index (κ1) is 22.4. The van der Waals surface area contributed by atoms with Crippen molar-refractivity contribution in [3.05, 3.63) is 53.1 Å². The molecular weight excluding hydrogens is 430 g/mol. The summed E-state index contributed by atoms with van der Waals surface area (Å²) in [5.74, 6) is 0.131. The molecule has 1 aliphatic heterocycles. The van der Waals surface area contributed by atoms with Crippen LogP contribution in [0.1, 0.15) is 25.8 Å². The summed E-state index contributed by atoms with van der Waals surface area (Å²) in [7, 11) is 0. The SMILES string of the molecule is CC(C)C[C@@H]1CN(Cc2cccc(OCC(=O)O)c2)CCN1c1nc2ccc(Cl)cc2o1. The number of aliphatic carboxylic acids is 1. The molecule has 0 amide bonds. The van der Waals surface area contributed by atoms with E-state index in [4.69, 9.17) is 30.8 Å². The third-order valence-electron chi connectivity index (χ3n) is 5.56. The van der Waals surface area contributed by atoms with Crippen LogP contribution in [0.3, 0.4) is 0 Å². The van der Waals surface area contributed by atoms with Crippen molar-refractivity contribution in [1.29, 1.82) is 0 Å². The molecule has 1 N–H and O–H groups in total. The first-order valence-electron chi connectivity index (χ1n) is 10.9. The predicted molar refractivity (Wildman–Crippen MR) is 124 cm³/mol. The van der Waals surface area contributed by atoms with E-state index in [1.54, 1.807) is 12.1 Å². The van der Waals surface area contributed by atoms with Gasteiger partial charge in [0.05, 0.1) is 0 Å². The monoisotopic (exact) mass is 457 g/mol. The number of halogens is 1. The summed E-state index contributed by atoms with van der Waals surface area (Å²) in [4.78, 5) is 20.2. The van der Waals surface area contributed by atoms with Crippen molar-refractivity contribution in [1.82, 2.24) is 9.88 Å². The van der Waals surface area contributed by atoms with Gasteiger partial charge in [0, 0.05) is 43.3 Å². The molecule has 7 nitrogen and oxygen atoms in total. The summed E-state index contributed by atoms with van der Waals surface area (Å²) in [5, 5.41) is 9.46. The van der Waals surface area contributed by atoms with Crippen LogP contribution in [0.15, 0.2) is 46.9 Å². The minimum absolute atomic E-state index is 0.277. The Morgan fingerprint density at radius 3 is 2.91 bits per heavy atom. The van der Waals surface area contributed by atoms with Crippen LogP contribution in [-0.4, -0.2) is 53.2 Å². The van der Waals surface area contributed by atoms with E-state index in [1.165, 1.54) is 0 Å². The molecule has 0 saturated carbocycles. The zero-order valence-corrected chi connectivity index (χ0v) is 19.1. The molecule has 32 heavy (non-hydrogen) atoms. The molecule has 2 heterocycles. The van der Waals surface area contributed by atoms with Gasteiger partial charge in [0.15, 0.2) is 12.2 Å². The normalized spacial score (nSPS) is 17.2. The minimum atomic E-state index is -0.982. The van der Waals surface area contributed by atoms with Crippen LogP contribution in [-0.2, 0) is 11.3 Å². The van der Waals surface area contributed by atoms with Gasteiger partial charge >= 0.3 is 5.97 Å². The molecular formula is C24H28ClN3O4. The third kappa shape index (κ3) is 5.53. The van der Waals surface area contributed by atoms with E-state index in [1.807, 2.05) is 30.3 Å². The van der Waals surface area contributed by atoms with Crippen LogP contribution < -0.4 is 9.64 Å². The first-order valence-corrected chi connectivity index (χ1v) is 11.2. The average molecular weight is 458 g/mol. The molecule has 2 aromatic carbocycles. The van der Waals surface area contributed by atoms with Gasteiger partial charge in [0.1, 0.15) is 11.3 Å². The van der Waals surface area contributed by atoms with Crippen LogP contribution in [0.4, 0.5) is 6.01 Å². The highest BCUT2D eigenvalue weighted by atomic mass is 35.5. The summed E-state index contributed by atoms with van der Waals surface area (Å²) in [5.41, 5.74) is 2.62. The lowest BCUT2D eigenvalue weighted by Crippen LogP contribution is -2.53. The van der Waals surface area contributed by atoms with Gasteiger partial charge < -0.3 is 19.2 Å². The summed E-state index contributed by atoms with van der Waals surface area (Å²) in [6, 6.07) is 14.1. The number of hydrogen-bond donors (Lipinski definition) is 1. The molecule has 1 fully saturated rings. The van der Waals surface area contributed by atoms with E-state index in [0.29, 0.717) is 28.3 Å². The zero-order chi connectivity index (χ0) is 22.7. The number of fused-ring (bicyclic) bond motifs is 1. The second-order valence-electron chi connectivity index (χ2n) is 8.65. The van der Waals surface area contributed by atoms with E-state index in [0.717, 1.165) is 43.7 Å². The van der Waals surface area contributed by atoms with Gasteiger partial charge in [-0.15, -0.1) is 0 Å². The van der Waals surface area contributed by atoms with Crippen LogP contribution >= 0.6 is 11.6 Å². The Balaban J connectivity index is 1.47. The molecule has 0 aliphatic carbocycles. The van der Waals surface area contributed by atoms with Crippen LogP contribution in [0, 0.1) is 5.92 Å². The smallest absolute Gasteiger partial charge is 0.341 e. The molecule has 0 unspecified atom stereocenters. The van der Waals surface area contributed by atoms with Gasteiger partial charge in [-0.2, -0.15) is 4.98 Å². The van der Waals surface area contributed by atoms with E-state index in [2.05, 4.69) is 23.6 Å². The van der Waals surface area contributed by atoms with E-state index in [9.17, 15) is 4.79 Å². The largest absolute Gasteiger partial charge is 0.482 e. The van der Waals surface area contributed by atoms with Crippen molar-refractivity contribution in [3.8, 4) is 5.75 Å². The molecule has 1 saturated heterocycles. The van der Waals surface area contributed by atoms with E-state index in [-0.39, 0.29) is 12.6 Å². The number of benzene rings is 2. The summed E-state index contributed by atoms with van der Waals surface area (Å²) in [6.45, 7) is 7.46. The first-order chi connectivity index (χ1) is 15.4.